The van der Waals surface area contributed by atoms with Gasteiger partial charge in [0.2, 0.25) is 0 Å². The molecule has 0 unspecified atom stereocenters. The lowest BCUT2D eigenvalue weighted by Crippen LogP contribution is -2.28. The van der Waals surface area contributed by atoms with E-state index in [1.807, 2.05) is 84.9 Å². The van der Waals surface area contributed by atoms with Gasteiger partial charge in [-0.2, -0.15) is 0 Å². The molecule has 120 valence electrons. The fraction of sp³-hybridized carbons (Fsp3) is 0.0500. The summed E-state index contributed by atoms with van der Waals surface area (Å²) in [6.07, 6.45) is 0. The summed E-state index contributed by atoms with van der Waals surface area (Å²) in [5, 5.41) is 11.8. The van der Waals surface area contributed by atoms with Crippen LogP contribution in [0.4, 0.5) is 11.4 Å². The monoisotopic (exact) mass is 318 g/mol. The minimum atomic E-state index is 0.393. The molecule has 1 N–H and O–H groups in total. The van der Waals surface area contributed by atoms with E-state index in [-0.39, 0.29) is 0 Å². The second kappa shape index (κ2) is 7.44. The number of amidine groups is 1. The molecule has 0 amide bonds. The zero-order valence-corrected chi connectivity index (χ0v) is 13.3. The lowest BCUT2D eigenvalue weighted by Gasteiger charge is -2.21. The van der Waals surface area contributed by atoms with Crippen molar-refractivity contribution in [3.8, 4) is 5.75 Å². The Morgan fingerprint density at radius 1 is 0.833 bits per heavy atom. The van der Waals surface area contributed by atoms with Crippen LogP contribution in [0.15, 0.2) is 89.9 Å². The molecule has 0 saturated carbocycles. The van der Waals surface area contributed by atoms with E-state index in [1.165, 1.54) is 0 Å². The van der Waals surface area contributed by atoms with Crippen molar-refractivity contribution in [2.24, 2.45) is 4.99 Å². The molecule has 0 aliphatic heterocycles. The van der Waals surface area contributed by atoms with Gasteiger partial charge in [0.1, 0.15) is 5.75 Å². The Morgan fingerprint density at radius 2 is 1.42 bits per heavy atom. The van der Waals surface area contributed by atoms with E-state index in [1.54, 1.807) is 7.11 Å². The van der Waals surface area contributed by atoms with Crippen molar-refractivity contribution in [1.29, 1.82) is 0 Å². The van der Waals surface area contributed by atoms with E-state index < -0.39 is 0 Å². The number of para-hydroxylation sites is 3. The summed E-state index contributed by atoms with van der Waals surface area (Å²) in [4.78, 5) is 4.63. The van der Waals surface area contributed by atoms with Crippen molar-refractivity contribution >= 4 is 17.2 Å². The Kier molecular flexibility index (Phi) is 4.89. The predicted molar refractivity (Wildman–Crippen MR) is 96.3 cm³/mol. The van der Waals surface area contributed by atoms with Crippen molar-refractivity contribution in [3.63, 3.8) is 0 Å². The van der Waals surface area contributed by atoms with Crippen LogP contribution in [0.25, 0.3) is 0 Å². The first-order valence-corrected chi connectivity index (χ1v) is 7.61. The second-order valence-corrected chi connectivity index (χ2v) is 5.12. The van der Waals surface area contributed by atoms with Crippen LogP contribution in [-0.2, 0) is 0 Å². The lowest BCUT2D eigenvalue weighted by molar-refractivity contribution is 0.312. The van der Waals surface area contributed by atoms with Gasteiger partial charge in [0, 0.05) is 0 Å². The minimum Gasteiger partial charge on any atom is -0.496 e. The van der Waals surface area contributed by atoms with Crippen molar-refractivity contribution in [2.45, 2.75) is 0 Å². The number of aliphatic imine (C=N–C) groups is 1. The summed E-state index contributed by atoms with van der Waals surface area (Å²) in [6.45, 7) is 0. The molecule has 3 aromatic carbocycles. The molecule has 0 radical (unpaired) electrons. The molecule has 0 atom stereocenters. The summed E-state index contributed by atoms with van der Waals surface area (Å²) in [7, 11) is 1.60. The number of anilines is 1. The first-order valence-electron chi connectivity index (χ1n) is 7.61. The van der Waals surface area contributed by atoms with Gasteiger partial charge >= 0.3 is 0 Å². The molecule has 0 fully saturated rings. The van der Waals surface area contributed by atoms with Gasteiger partial charge in [-0.25, -0.2) is 10.1 Å². The molecule has 0 bridgehead atoms. The highest BCUT2D eigenvalue weighted by Crippen LogP contribution is 2.25. The number of methoxy groups -OCH3 is 1. The number of hydroxylamine groups is 1. The summed E-state index contributed by atoms with van der Waals surface area (Å²) in [6, 6.07) is 26.2. The summed E-state index contributed by atoms with van der Waals surface area (Å²) < 4.78 is 5.43. The van der Waals surface area contributed by atoms with Crippen LogP contribution in [0.3, 0.4) is 0 Å². The molecule has 3 aromatic rings. The number of benzene rings is 3. The largest absolute Gasteiger partial charge is 0.496 e. The van der Waals surface area contributed by atoms with E-state index in [0.717, 1.165) is 10.8 Å². The van der Waals surface area contributed by atoms with E-state index >= 15 is 0 Å². The SMILES string of the molecule is COc1ccccc1C(=Nc1ccccc1)N(O)c1ccccc1. The minimum absolute atomic E-state index is 0.393. The Labute approximate surface area is 141 Å². The first kappa shape index (κ1) is 15.8. The van der Waals surface area contributed by atoms with Crippen LogP contribution in [-0.4, -0.2) is 18.2 Å². The van der Waals surface area contributed by atoms with Crippen LogP contribution in [0.5, 0.6) is 5.75 Å². The molecule has 0 heterocycles. The number of ether oxygens (including phenoxy) is 1. The van der Waals surface area contributed by atoms with Gasteiger partial charge in [-0.15, -0.1) is 0 Å². The number of hydrogen-bond acceptors (Lipinski definition) is 3. The summed E-state index contributed by atoms with van der Waals surface area (Å²) in [5.74, 6) is 1.03. The van der Waals surface area contributed by atoms with Crippen molar-refractivity contribution in [3.05, 3.63) is 90.5 Å². The highest BCUT2D eigenvalue weighted by Gasteiger charge is 2.17. The Morgan fingerprint density at radius 3 is 2.08 bits per heavy atom. The third kappa shape index (κ3) is 3.45. The van der Waals surface area contributed by atoms with Gasteiger partial charge in [-0.1, -0.05) is 48.5 Å². The molecular weight excluding hydrogens is 300 g/mol. The normalized spacial score (nSPS) is 11.2. The summed E-state index contributed by atoms with van der Waals surface area (Å²) in [5.41, 5.74) is 2.07. The molecule has 0 aliphatic rings. The first-order chi connectivity index (χ1) is 11.8. The zero-order valence-electron chi connectivity index (χ0n) is 13.3. The molecule has 0 spiro atoms. The molecule has 3 rings (SSSR count). The summed E-state index contributed by atoms with van der Waals surface area (Å²) >= 11 is 0. The van der Waals surface area contributed by atoms with Gasteiger partial charge in [0.25, 0.3) is 0 Å². The van der Waals surface area contributed by atoms with E-state index in [9.17, 15) is 5.21 Å². The number of rotatable bonds is 4. The van der Waals surface area contributed by atoms with Gasteiger partial charge < -0.3 is 4.74 Å². The molecule has 0 aromatic heterocycles. The maximum absolute atomic E-state index is 10.8. The average molecular weight is 318 g/mol. The topological polar surface area (TPSA) is 45.1 Å². The van der Waals surface area contributed by atoms with Gasteiger partial charge in [-0.05, 0) is 36.4 Å². The lowest BCUT2D eigenvalue weighted by atomic mass is 10.1. The van der Waals surface area contributed by atoms with E-state index in [0.29, 0.717) is 22.8 Å². The Bertz CT molecular complexity index is 817. The van der Waals surface area contributed by atoms with Crippen LogP contribution in [0.1, 0.15) is 5.56 Å². The van der Waals surface area contributed by atoms with E-state index in [2.05, 4.69) is 4.99 Å². The third-order valence-electron chi connectivity index (χ3n) is 3.54. The Balaban J connectivity index is 2.13. The molecular formula is C20H18N2O2. The van der Waals surface area contributed by atoms with Crippen molar-refractivity contribution in [2.75, 3.05) is 12.2 Å². The molecule has 4 nitrogen and oxygen atoms in total. The number of hydrogen-bond donors (Lipinski definition) is 1. The van der Waals surface area contributed by atoms with Crippen LogP contribution in [0, 0.1) is 0 Å². The van der Waals surface area contributed by atoms with Crippen LogP contribution >= 0.6 is 0 Å². The van der Waals surface area contributed by atoms with Gasteiger partial charge in [0.15, 0.2) is 5.84 Å². The smallest absolute Gasteiger partial charge is 0.169 e. The average Bonchev–Trinajstić information content (AvgIpc) is 2.67. The fourth-order valence-electron chi connectivity index (χ4n) is 2.37. The molecule has 24 heavy (non-hydrogen) atoms. The maximum Gasteiger partial charge on any atom is 0.169 e. The Hall–Kier alpha value is -3.11. The molecule has 0 aliphatic carbocycles. The third-order valence-corrected chi connectivity index (χ3v) is 3.54. The van der Waals surface area contributed by atoms with Crippen molar-refractivity contribution in [1.82, 2.24) is 0 Å². The fourth-order valence-corrected chi connectivity index (χ4v) is 2.37. The van der Waals surface area contributed by atoms with Crippen LogP contribution in [0.2, 0.25) is 0 Å². The van der Waals surface area contributed by atoms with Gasteiger partial charge in [-0.3, -0.25) is 5.21 Å². The van der Waals surface area contributed by atoms with Crippen molar-refractivity contribution < 1.29 is 9.94 Å². The predicted octanol–water partition coefficient (Wildman–Crippen LogP) is 4.67. The quantitative estimate of drug-likeness (QED) is 0.432. The van der Waals surface area contributed by atoms with E-state index in [4.69, 9.17) is 4.74 Å². The molecule has 0 saturated heterocycles. The second-order valence-electron chi connectivity index (χ2n) is 5.12. The van der Waals surface area contributed by atoms with Gasteiger partial charge in [0.05, 0.1) is 24.0 Å². The molecule has 4 heteroatoms. The maximum atomic E-state index is 10.8. The standard InChI is InChI=1S/C20H18N2O2/c1-24-19-15-9-8-14-18(19)20(21-16-10-4-2-5-11-16)22(23)17-12-6-3-7-13-17/h2-15,23H,1H3. The highest BCUT2D eigenvalue weighted by atomic mass is 16.5. The van der Waals surface area contributed by atoms with Crippen LogP contribution < -0.4 is 9.80 Å². The highest BCUT2D eigenvalue weighted by molar-refractivity contribution is 6.11. The zero-order chi connectivity index (χ0) is 16.8. The number of nitrogens with zero attached hydrogens (tertiary/aromatic N) is 2.